The monoisotopic (exact) mass is 645 g/mol. The van der Waals surface area contributed by atoms with Gasteiger partial charge >= 0.3 is 17.9 Å². The summed E-state index contributed by atoms with van der Waals surface area (Å²) in [4.78, 5) is 50.6. The number of allylic oxidation sites excluding steroid dienone is 1. The molecule has 5 aromatic rings. The van der Waals surface area contributed by atoms with Crippen LogP contribution in [0.5, 0.6) is 0 Å². The zero-order valence-electron chi connectivity index (χ0n) is 26.2. The molecule has 1 heterocycles. The maximum Gasteiger partial charge on any atom is 0.420 e. The zero-order valence-corrected chi connectivity index (χ0v) is 26.2. The molecule has 0 atom stereocenters. The van der Waals surface area contributed by atoms with Crippen LogP contribution in [-0.4, -0.2) is 40.2 Å². The summed E-state index contributed by atoms with van der Waals surface area (Å²) in [6.45, 7) is 0.371. The number of anilines is 1. The van der Waals surface area contributed by atoms with E-state index in [2.05, 4.69) is 5.32 Å². The van der Waals surface area contributed by atoms with Crippen LogP contribution in [0, 0.1) is 0 Å². The van der Waals surface area contributed by atoms with Gasteiger partial charge in [-0.15, -0.1) is 0 Å². The van der Waals surface area contributed by atoms with Crippen LogP contribution in [0.1, 0.15) is 47.2 Å². The lowest BCUT2D eigenvalue weighted by Gasteiger charge is -2.36. The van der Waals surface area contributed by atoms with Crippen molar-refractivity contribution in [2.45, 2.75) is 50.9 Å². The average Bonchev–Trinajstić information content (AvgIpc) is 3.42. The summed E-state index contributed by atoms with van der Waals surface area (Å²) < 4.78 is 12.1. The smallest absolute Gasteiger partial charge is 0.420 e. The van der Waals surface area contributed by atoms with Gasteiger partial charge in [0.2, 0.25) is 0 Å². The minimum atomic E-state index is -1.06. The summed E-state index contributed by atoms with van der Waals surface area (Å²) in [7, 11) is 0. The SMILES string of the molecule is O=Cc1ccc2oc(=O)n(CC=Cc3ccc(-c4ccccc4)c(N(C(=O)O)C4CCC(NC(=O)OCc5ccccc5)CC4)c3)c2c1. The third kappa shape index (κ3) is 7.39. The minimum Gasteiger partial charge on any atom is -0.465 e. The van der Waals surface area contributed by atoms with Gasteiger partial charge in [0.05, 0.1) is 11.2 Å². The van der Waals surface area contributed by atoms with E-state index in [1.54, 1.807) is 24.3 Å². The predicted molar refractivity (Wildman–Crippen MR) is 183 cm³/mol. The molecule has 0 aliphatic heterocycles. The quantitative estimate of drug-likeness (QED) is 0.150. The van der Waals surface area contributed by atoms with Gasteiger partial charge in [0.15, 0.2) is 5.58 Å². The van der Waals surface area contributed by atoms with Crippen molar-refractivity contribution < 1.29 is 28.6 Å². The number of nitrogens with zero attached hydrogens (tertiary/aromatic N) is 2. The minimum absolute atomic E-state index is 0.118. The highest BCUT2D eigenvalue weighted by Crippen LogP contribution is 2.36. The first-order valence-corrected chi connectivity index (χ1v) is 15.8. The molecule has 10 nitrogen and oxygen atoms in total. The molecule has 6 rings (SSSR count). The number of aromatic nitrogens is 1. The van der Waals surface area contributed by atoms with E-state index >= 15 is 0 Å². The molecular weight excluding hydrogens is 610 g/mol. The molecule has 10 heteroatoms. The van der Waals surface area contributed by atoms with Crippen molar-refractivity contribution in [3.8, 4) is 11.1 Å². The van der Waals surface area contributed by atoms with Gasteiger partial charge in [-0.1, -0.05) is 84.9 Å². The number of aldehydes is 1. The summed E-state index contributed by atoms with van der Waals surface area (Å²) in [5.41, 5.74) is 5.20. The number of carbonyl (C=O) groups excluding carboxylic acids is 2. The largest absolute Gasteiger partial charge is 0.465 e. The van der Waals surface area contributed by atoms with E-state index < -0.39 is 17.9 Å². The molecule has 0 bridgehead atoms. The Bertz CT molecular complexity index is 1990. The molecule has 1 aliphatic rings. The highest BCUT2D eigenvalue weighted by Gasteiger charge is 2.32. The van der Waals surface area contributed by atoms with Crippen molar-refractivity contribution in [1.82, 2.24) is 9.88 Å². The fourth-order valence-corrected chi connectivity index (χ4v) is 6.20. The highest BCUT2D eigenvalue weighted by molar-refractivity contribution is 5.94. The van der Waals surface area contributed by atoms with Crippen molar-refractivity contribution in [2.24, 2.45) is 0 Å². The highest BCUT2D eigenvalue weighted by atomic mass is 16.5. The van der Waals surface area contributed by atoms with Crippen LogP contribution in [0.25, 0.3) is 28.3 Å². The molecule has 2 amide bonds. The third-order valence-corrected chi connectivity index (χ3v) is 8.59. The molecule has 0 radical (unpaired) electrons. The first-order chi connectivity index (χ1) is 23.4. The number of alkyl carbamates (subject to hydrolysis) is 1. The van der Waals surface area contributed by atoms with E-state index in [1.165, 1.54) is 9.47 Å². The summed E-state index contributed by atoms with van der Waals surface area (Å²) in [6.07, 6.45) is 5.12. The molecule has 0 spiro atoms. The van der Waals surface area contributed by atoms with Crippen molar-refractivity contribution >= 4 is 41.3 Å². The Kier molecular flexibility index (Phi) is 9.80. The van der Waals surface area contributed by atoms with Crippen molar-refractivity contribution in [3.63, 3.8) is 0 Å². The number of amides is 2. The van der Waals surface area contributed by atoms with Crippen LogP contribution in [-0.2, 0) is 17.9 Å². The third-order valence-electron chi connectivity index (χ3n) is 8.59. The first kappa shape index (κ1) is 32.1. The first-order valence-electron chi connectivity index (χ1n) is 15.8. The van der Waals surface area contributed by atoms with E-state index in [1.807, 2.05) is 84.9 Å². The Balaban J connectivity index is 1.20. The van der Waals surface area contributed by atoms with Gasteiger partial charge < -0.3 is 19.6 Å². The number of carbonyl (C=O) groups is 3. The Hall–Kier alpha value is -5.90. The number of ether oxygens (including phenoxy) is 1. The summed E-state index contributed by atoms with van der Waals surface area (Å²) in [5, 5.41) is 13.5. The molecule has 2 N–H and O–H groups in total. The van der Waals surface area contributed by atoms with Gasteiger partial charge in [-0.25, -0.2) is 14.4 Å². The lowest BCUT2D eigenvalue weighted by atomic mass is 9.89. The van der Waals surface area contributed by atoms with Crippen LogP contribution < -0.4 is 16.0 Å². The van der Waals surface area contributed by atoms with E-state index in [9.17, 15) is 24.3 Å². The second-order valence-electron chi connectivity index (χ2n) is 11.7. The van der Waals surface area contributed by atoms with E-state index in [-0.39, 0.29) is 25.2 Å². The second kappa shape index (κ2) is 14.7. The molecule has 0 unspecified atom stereocenters. The molecule has 48 heavy (non-hydrogen) atoms. The standard InChI is InChI=1S/C38H35N3O7/c42-24-28-14-20-35-34(23-28)40(38(46)48-35)21-7-10-26-13-19-32(29-11-5-2-6-12-29)33(22-26)41(37(44)45)31-17-15-30(16-18-31)39-36(43)47-25-27-8-3-1-4-9-27/h1-14,19-20,22-24,30-31H,15-18,21,25H2,(H,39,43)(H,44,45). The summed E-state index contributed by atoms with van der Waals surface area (Å²) >= 11 is 0. The number of carboxylic acid groups (broad SMARTS) is 1. The number of benzene rings is 4. The molecule has 0 saturated heterocycles. The van der Waals surface area contributed by atoms with Crippen LogP contribution in [0.4, 0.5) is 15.3 Å². The Morgan fingerprint density at radius 1 is 0.917 bits per heavy atom. The number of fused-ring (bicyclic) bond motifs is 1. The van der Waals surface area contributed by atoms with Gasteiger partial charge in [-0.2, -0.15) is 0 Å². The number of rotatable bonds is 10. The van der Waals surface area contributed by atoms with Crippen molar-refractivity contribution in [2.75, 3.05) is 4.90 Å². The molecule has 1 aliphatic carbocycles. The summed E-state index contributed by atoms with van der Waals surface area (Å²) in [5.74, 6) is -0.538. The van der Waals surface area contributed by atoms with Crippen molar-refractivity contribution in [3.05, 3.63) is 130 Å². The van der Waals surface area contributed by atoms with Crippen LogP contribution in [0.3, 0.4) is 0 Å². The fraction of sp³-hybridized carbons (Fsp3) is 0.211. The topological polar surface area (TPSA) is 131 Å². The molecular formula is C38H35N3O7. The van der Waals surface area contributed by atoms with E-state index in [4.69, 9.17) is 9.15 Å². The normalized spacial score (nSPS) is 16.1. The predicted octanol–water partition coefficient (Wildman–Crippen LogP) is 7.51. The van der Waals surface area contributed by atoms with E-state index in [0.29, 0.717) is 54.3 Å². The van der Waals surface area contributed by atoms with Crippen LogP contribution >= 0.6 is 0 Å². The zero-order chi connectivity index (χ0) is 33.5. The number of nitrogens with one attached hydrogen (secondary N) is 1. The lowest BCUT2D eigenvalue weighted by molar-refractivity contribution is 0.112. The average molecular weight is 646 g/mol. The van der Waals surface area contributed by atoms with Gasteiger partial charge in [-0.05, 0) is 66.6 Å². The Morgan fingerprint density at radius 2 is 1.62 bits per heavy atom. The van der Waals surface area contributed by atoms with E-state index in [0.717, 1.165) is 22.3 Å². The lowest BCUT2D eigenvalue weighted by Crippen LogP contribution is -2.46. The number of hydrogen-bond donors (Lipinski definition) is 2. The molecule has 4 aromatic carbocycles. The van der Waals surface area contributed by atoms with Gasteiger partial charge in [0, 0.05) is 29.8 Å². The number of oxazole rings is 1. The summed E-state index contributed by atoms with van der Waals surface area (Å²) in [6, 6.07) is 29.1. The molecule has 244 valence electrons. The molecule has 1 saturated carbocycles. The molecule has 1 fully saturated rings. The maximum absolute atomic E-state index is 12.9. The van der Waals surface area contributed by atoms with Crippen LogP contribution in [0.2, 0.25) is 0 Å². The van der Waals surface area contributed by atoms with Crippen molar-refractivity contribution in [1.29, 1.82) is 0 Å². The Labute approximate surface area is 276 Å². The fourth-order valence-electron chi connectivity index (χ4n) is 6.20. The number of hydrogen-bond acceptors (Lipinski definition) is 6. The van der Waals surface area contributed by atoms with Gasteiger partial charge in [-0.3, -0.25) is 14.3 Å². The maximum atomic E-state index is 12.9. The van der Waals surface area contributed by atoms with Crippen LogP contribution in [0.15, 0.2) is 112 Å². The van der Waals surface area contributed by atoms with Gasteiger partial charge in [0.25, 0.3) is 0 Å². The Morgan fingerprint density at radius 3 is 2.33 bits per heavy atom. The molecule has 1 aromatic heterocycles. The second-order valence-corrected chi connectivity index (χ2v) is 11.7. The van der Waals surface area contributed by atoms with Gasteiger partial charge in [0.1, 0.15) is 12.9 Å².